The Labute approximate surface area is 112 Å². The van der Waals surface area contributed by atoms with Crippen LogP contribution in [0, 0.1) is 0 Å². The molecule has 2 aromatic rings. The van der Waals surface area contributed by atoms with Crippen molar-refractivity contribution in [3.63, 3.8) is 0 Å². The van der Waals surface area contributed by atoms with Crippen LogP contribution in [0.5, 0.6) is 0 Å². The molecule has 1 aromatic carbocycles. The van der Waals surface area contributed by atoms with Gasteiger partial charge in [-0.25, -0.2) is 4.98 Å². The van der Waals surface area contributed by atoms with Gasteiger partial charge >= 0.3 is 0 Å². The van der Waals surface area contributed by atoms with Crippen LogP contribution in [0.2, 0.25) is 0 Å². The molecule has 0 amide bonds. The summed E-state index contributed by atoms with van der Waals surface area (Å²) in [7, 11) is 1.74. The second-order valence-electron chi connectivity index (χ2n) is 4.66. The molecule has 0 aliphatic carbocycles. The van der Waals surface area contributed by atoms with Crippen LogP contribution in [-0.4, -0.2) is 24.2 Å². The predicted molar refractivity (Wildman–Crippen MR) is 77.0 cm³/mol. The third-order valence-electron chi connectivity index (χ3n) is 3.12. The number of aromatic nitrogens is 1. The first-order chi connectivity index (χ1) is 8.69. The van der Waals surface area contributed by atoms with Crippen molar-refractivity contribution in [3.05, 3.63) is 29.3 Å². The highest BCUT2D eigenvalue weighted by molar-refractivity contribution is 7.18. The van der Waals surface area contributed by atoms with E-state index in [1.54, 1.807) is 18.4 Å². The zero-order valence-corrected chi connectivity index (χ0v) is 11.7. The van der Waals surface area contributed by atoms with Crippen LogP contribution in [0.15, 0.2) is 24.3 Å². The molecule has 1 aromatic heterocycles. The van der Waals surface area contributed by atoms with Crippen molar-refractivity contribution in [2.24, 2.45) is 5.73 Å². The van der Waals surface area contributed by atoms with Gasteiger partial charge in [-0.3, -0.25) is 0 Å². The number of hydrogen-bond acceptors (Lipinski definition) is 4. The van der Waals surface area contributed by atoms with Crippen molar-refractivity contribution in [3.8, 4) is 0 Å². The summed E-state index contributed by atoms with van der Waals surface area (Å²) in [5.74, 6) is 0. The number of benzene rings is 1. The van der Waals surface area contributed by atoms with Gasteiger partial charge in [-0.05, 0) is 31.9 Å². The molecule has 0 bridgehead atoms. The Balaban J connectivity index is 1.92. The summed E-state index contributed by atoms with van der Waals surface area (Å²) < 4.78 is 6.47. The molecular weight excluding hydrogens is 244 g/mol. The van der Waals surface area contributed by atoms with Crippen LogP contribution >= 0.6 is 11.3 Å². The summed E-state index contributed by atoms with van der Waals surface area (Å²) in [5, 5.41) is 1.13. The van der Waals surface area contributed by atoms with E-state index in [4.69, 9.17) is 10.5 Å². The van der Waals surface area contributed by atoms with Gasteiger partial charge in [-0.2, -0.15) is 0 Å². The number of fused-ring (bicyclic) bond motifs is 1. The van der Waals surface area contributed by atoms with Gasteiger partial charge < -0.3 is 10.5 Å². The molecule has 3 nitrogen and oxygen atoms in total. The van der Waals surface area contributed by atoms with E-state index in [0.29, 0.717) is 0 Å². The monoisotopic (exact) mass is 264 g/mol. The highest BCUT2D eigenvalue weighted by Gasteiger charge is 2.10. The molecule has 2 N–H and O–H groups in total. The first kappa shape index (κ1) is 13.5. The van der Waals surface area contributed by atoms with Gasteiger partial charge in [0.2, 0.25) is 0 Å². The predicted octanol–water partition coefficient (Wildman–Crippen LogP) is 2.98. The minimum absolute atomic E-state index is 0.170. The maximum atomic E-state index is 6.14. The zero-order chi connectivity index (χ0) is 13.0. The number of ether oxygens (including phenoxy) is 1. The topological polar surface area (TPSA) is 48.1 Å². The van der Waals surface area contributed by atoms with Gasteiger partial charge in [0.1, 0.15) is 0 Å². The molecule has 0 radical (unpaired) electrons. The van der Waals surface area contributed by atoms with Gasteiger partial charge in [0, 0.05) is 19.6 Å². The maximum Gasteiger partial charge on any atom is 0.0954 e. The Morgan fingerprint density at radius 1 is 1.33 bits per heavy atom. The second kappa shape index (κ2) is 6.27. The Kier molecular flexibility index (Phi) is 4.69. The molecule has 0 fully saturated rings. The summed E-state index contributed by atoms with van der Waals surface area (Å²) in [5.41, 5.74) is 7.22. The van der Waals surface area contributed by atoms with Crippen molar-refractivity contribution in [2.75, 3.05) is 7.11 Å². The van der Waals surface area contributed by atoms with Crippen molar-refractivity contribution in [1.82, 2.24) is 4.98 Å². The lowest BCUT2D eigenvalue weighted by Crippen LogP contribution is -2.24. The standard InChI is InChI=1S/C14H20N2OS/c1-10(17-2)7-8-11(15)9-14-16-12-5-3-4-6-13(12)18-14/h3-6,10-11H,7-9,15H2,1-2H3. The normalized spacial score (nSPS) is 14.8. The first-order valence-corrected chi connectivity index (χ1v) is 7.13. The Morgan fingerprint density at radius 2 is 2.11 bits per heavy atom. The molecule has 18 heavy (non-hydrogen) atoms. The number of methoxy groups -OCH3 is 1. The van der Waals surface area contributed by atoms with Crippen molar-refractivity contribution >= 4 is 21.6 Å². The van der Waals surface area contributed by atoms with Crippen LogP contribution in [0.25, 0.3) is 10.2 Å². The number of nitrogens with zero attached hydrogens (tertiary/aromatic N) is 1. The lowest BCUT2D eigenvalue weighted by Gasteiger charge is -2.13. The number of rotatable bonds is 6. The van der Waals surface area contributed by atoms with Gasteiger partial charge in [0.05, 0.1) is 21.3 Å². The SMILES string of the molecule is COC(C)CCC(N)Cc1nc2ccccc2s1. The van der Waals surface area contributed by atoms with E-state index < -0.39 is 0 Å². The van der Waals surface area contributed by atoms with Crippen molar-refractivity contribution < 1.29 is 4.74 Å². The fourth-order valence-electron chi connectivity index (χ4n) is 1.90. The summed E-state index contributed by atoms with van der Waals surface area (Å²) >= 11 is 1.74. The number of thiazole rings is 1. The van der Waals surface area contributed by atoms with E-state index in [0.717, 1.165) is 29.8 Å². The minimum atomic E-state index is 0.170. The minimum Gasteiger partial charge on any atom is -0.382 e. The third-order valence-corrected chi connectivity index (χ3v) is 4.18. The molecule has 0 aliphatic heterocycles. The smallest absolute Gasteiger partial charge is 0.0954 e. The van der Waals surface area contributed by atoms with Crippen LogP contribution in [0.1, 0.15) is 24.8 Å². The molecule has 2 atom stereocenters. The Morgan fingerprint density at radius 3 is 2.83 bits per heavy atom. The van der Waals surface area contributed by atoms with E-state index in [1.165, 1.54) is 4.70 Å². The fraction of sp³-hybridized carbons (Fsp3) is 0.500. The van der Waals surface area contributed by atoms with Crippen molar-refractivity contribution in [2.45, 2.75) is 38.3 Å². The van der Waals surface area contributed by atoms with E-state index in [2.05, 4.69) is 18.0 Å². The summed E-state index contributed by atoms with van der Waals surface area (Å²) in [6, 6.07) is 8.39. The fourth-order valence-corrected chi connectivity index (χ4v) is 2.96. The number of hydrogen-bond donors (Lipinski definition) is 1. The van der Waals surface area contributed by atoms with E-state index in [-0.39, 0.29) is 12.1 Å². The largest absolute Gasteiger partial charge is 0.382 e. The highest BCUT2D eigenvalue weighted by Crippen LogP contribution is 2.22. The average Bonchev–Trinajstić information content (AvgIpc) is 2.77. The van der Waals surface area contributed by atoms with Crippen molar-refractivity contribution in [1.29, 1.82) is 0 Å². The molecule has 0 aliphatic rings. The van der Waals surface area contributed by atoms with E-state index >= 15 is 0 Å². The Hall–Kier alpha value is -0.970. The molecule has 0 saturated heterocycles. The molecule has 4 heteroatoms. The van der Waals surface area contributed by atoms with Crippen LogP contribution in [0.3, 0.4) is 0 Å². The van der Waals surface area contributed by atoms with Gasteiger partial charge in [0.25, 0.3) is 0 Å². The van der Waals surface area contributed by atoms with Gasteiger partial charge in [-0.15, -0.1) is 11.3 Å². The molecule has 98 valence electrons. The van der Waals surface area contributed by atoms with Gasteiger partial charge in [0.15, 0.2) is 0 Å². The first-order valence-electron chi connectivity index (χ1n) is 6.32. The molecule has 0 spiro atoms. The quantitative estimate of drug-likeness (QED) is 0.872. The third kappa shape index (κ3) is 3.51. The molecule has 2 rings (SSSR count). The number of nitrogens with two attached hydrogens (primary N) is 1. The lowest BCUT2D eigenvalue weighted by atomic mass is 10.1. The van der Waals surface area contributed by atoms with Gasteiger partial charge in [-0.1, -0.05) is 12.1 Å². The summed E-state index contributed by atoms with van der Waals surface area (Å²) in [6.45, 7) is 2.07. The molecule has 0 saturated carbocycles. The Bertz CT molecular complexity index is 464. The average molecular weight is 264 g/mol. The highest BCUT2D eigenvalue weighted by atomic mass is 32.1. The van der Waals surface area contributed by atoms with Crippen LogP contribution in [-0.2, 0) is 11.2 Å². The molecular formula is C14H20N2OS. The maximum absolute atomic E-state index is 6.14. The number of para-hydroxylation sites is 1. The van der Waals surface area contributed by atoms with Crippen LogP contribution < -0.4 is 5.73 Å². The lowest BCUT2D eigenvalue weighted by molar-refractivity contribution is 0.107. The second-order valence-corrected chi connectivity index (χ2v) is 5.78. The summed E-state index contributed by atoms with van der Waals surface area (Å²) in [6.07, 6.45) is 3.12. The van der Waals surface area contributed by atoms with Crippen LogP contribution in [0.4, 0.5) is 0 Å². The zero-order valence-electron chi connectivity index (χ0n) is 10.9. The molecule has 2 unspecified atom stereocenters. The summed E-state index contributed by atoms with van der Waals surface area (Å²) in [4.78, 5) is 4.61. The molecule has 1 heterocycles. The van der Waals surface area contributed by atoms with E-state index in [1.807, 2.05) is 18.2 Å². The van der Waals surface area contributed by atoms with E-state index in [9.17, 15) is 0 Å².